The number of fused-ring (bicyclic) bond motifs is 1. The molecule has 2 aromatic heterocycles. The van der Waals surface area contributed by atoms with Crippen LogP contribution in [-0.4, -0.2) is 9.61 Å². The number of nitrogens with zero attached hydrogens (tertiary/aromatic N) is 2. The third-order valence-corrected chi connectivity index (χ3v) is 2.72. The first kappa shape index (κ1) is 9.43. The van der Waals surface area contributed by atoms with Gasteiger partial charge in [0.1, 0.15) is 0 Å². The molecule has 0 N–H and O–H groups in total. The van der Waals surface area contributed by atoms with Crippen LogP contribution in [0.5, 0.6) is 0 Å². The second-order valence-electron chi connectivity index (χ2n) is 3.61. The van der Waals surface area contributed by atoms with Crippen molar-refractivity contribution in [2.45, 2.75) is 0 Å². The van der Waals surface area contributed by atoms with Gasteiger partial charge in [0, 0.05) is 11.8 Å². The van der Waals surface area contributed by atoms with Gasteiger partial charge in [0.2, 0.25) is 0 Å². The Morgan fingerprint density at radius 2 is 1.81 bits per heavy atom. The van der Waals surface area contributed by atoms with Crippen molar-refractivity contribution in [2.75, 3.05) is 0 Å². The fourth-order valence-corrected chi connectivity index (χ4v) is 1.87. The monoisotopic (exact) mass is 228 g/mol. The van der Waals surface area contributed by atoms with E-state index in [2.05, 4.69) is 5.10 Å². The van der Waals surface area contributed by atoms with Crippen molar-refractivity contribution in [3.05, 3.63) is 59.8 Å². The summed E-state index contributed by atoms with van der Waals surface area (Å²) < 4.78 is 1.80. The van der Waals surface area contributed by atoms with E-state index in [-0.39, 0.29) is 0 Å². The zero-order chi connectivity index (χ0) is 11.0. The lowest BCUT2D eigenvalue weighted by Gasteiger charge is -1.93. The Balaban J connectivity index is 2.19. The van der Waals surface area contributed by atoms with Gasteiger partial charge in [-0.15, -0.1) is 0 Å². The molecule has 78 valence electrons. The van der Waals surface area contributed by atoms with Crippen LogP contribution in [0.3, 0.4) is 0 Å². The quantitative estimate of drug-likeness (QED) is 0.621. The van der Waals surface area contributed by atoms with Crippen molar-refractivity contribution in [1.82, 2.24) is 9.61 Å². The molecule has 0 amide bonds. The summed E-state index contributed by atoms with van der Waals surface area (Å²) in [6.45, 7) is 0. The molecule has 16 heavy (non-hydrogen) atoms. The standard InChI is InChI=1S/C13H9ClN2/c14-11-6-7-12-8-13(15-16(12)9-11)10-4-2-1-3-5-10/h1-9H. The average molecular weight is 229 g/mol. The number of hydrogen-bond acceptors (Lipinski definition) is 1. The summed E-state index contributed by atoms with van der Waals surface area (Å²) in [5, 5.41) is 5.17. The molecular weight excluding hydrogens is 220 g/mol. The molecule has 0 atom stereocenters. The van der Waals surface area contributed by atoms with E-state index in [1.54, 1.807) is 4.52 Å². The predicted octanol–water partition coefficient (Wildman–Crippen LogP) is 3.65. The minimum Gasteiger partial charge on any atom is -0.239 e. The molecule has 0 unspecified atom stereocenters. The Bertz CT molecular complexity index is 629. The van der Waals surface area contributed by atoms with Crippen molar-refractivity contribution in [2.24, 2.45) is 0 Å². The molecule has 0 bridgehead atoms. The third-order valence-electron chi connectivity index (χ3n) is 2.49. The van der Waals surface area contributed by atoms with E-state index >= 15 is 0 Å². The van der Waals surface area contributed by atoms with Crippen LogP contribution in [0.15, 0.2) is 54.7 Å². The Morgan fingerprint density at radius 1 is 1.00 bits per heavy atom. The molecule has 0 aliphatic rings. The second-order valence-corrected chi connectivity index (χ2v) is 4.05. The highest BCUT2D eigenvalue weighted by molar-refractivity contribution is 6.30. The van der Waals surface area contributed by atoms with E-state index in [1.807, 2.05) is 54.7 Å². The molecular formula is C13H9ClN2. The van der Waals surface area contributed by atoms with Crippen LogP contribution < -0.4 is 0 Å². The highest BCUT2D eigenvalue weighted by Gasteiger charge is 2.03. The molecule has 0 fully saturated rings. The number of benzene rings is 1. The van der Waals surface area contributed by atoms with E-state index in [9.17, 15) is 0 Å². The van der Waals surface area contributed by atoms with Crippen molar-refractivity contribution >= 4 is 17.1 Å². The minimum atomic E-state index is 0.690. The Kier molecular flexibility index (Phi) is 2.15. The lowest BCUT2D eigenvalue weighted by atomic mass is 10.1. The topological polar surface area (TPSA) is 17.3 Å². The number of hydrogen-bond donors (Lipinski definition) is 0. The minimum absolute atomic E-state index is 0.690. The van der Waals surface area contributed by atoms with Crippen LogP contribution in [0.2, 0.25) is 5.02 Å². The molecule has 0 aliphatic carbocycles. The zero-order valence-corrected chi connectivity index (χ0v) is 9.22. The third kappa shape index (κ3) is 1.57. The van der Waals surface area contributed by atoms with Gasteiger partial charge in [0.25, 0.3) is 0 Å². The van der Waals surface area contributed by atoms with E-state index in [0.717, 1.165) is 16.8 Å². The summed E-state index contributed by atoms with van der Waals surface area (Å²) >= 11 is 5.91. The van der Waals surface area contributed by atoms with E-state index < -0.39 is 0 Å². The molecule has 0 aliphatic heterocycles. The molecule has 2 nitrogen and oxygen atoms in total. The summed E-state index contributed by atoms with van der Waals surface area (Å²) in [5.74, 6) is 0. The Hall–Kier alpha value is -1.80. The molecule has 3 rings (SSSR count). The van der Waals surface area contributed by atoms with Gasteiger partial charge in [0.05, 0.1) is 16.2 Å². The fraction of sp³-hybridized carbons (Fsp3) is 0. The van der Waals surface area contributed by atoms with Gasteiger partial charge < -0.3 is 0 Å². The van der Waals surface area contributed by atoms with Crippen LogP contribution in [-0.2, 0) is 0 Å². The fourth-order valence-electron chi connectivity index (χ4n) is 1.71. The zero-order valence-electron chi connectivity index (χ0n) is 8.47. The highest BCUT2D eigenvalue weighted by atomic mass is 35.5. The Morgan fingerprint density at radius 3 is 2.62 bits per heavy atom. The van der Waals surface area contributed by atoms with Gasteiger partial charge in [-0.3, -0.25) is 0 Å². The van der Waals surface area contributed by atoms with E-state index in [0.29, 0.717) is 5.02 Å². The van der Waals surface area contributed by atoms with Crippen LogP contribution >= 0.6 is 11.6 Å². The van der Waals surface area contributed by atoms with E-state index in [4.69, 9.17) is 11.6 Å². The van der Waals surface area contributed by atoms with Gasteiger partial charge in [-0.05, 0) is 18.2 Å². The lowest BCUT2D eigenvalue weighted by molar-refractivity contribution is 0.966. The normalized spacial score (nSPS) is 10.8. The number of aromatic nitrogens is 2. The van der Waals surface area contributed by atoms with Gasteiger partial charge in [-0.25, -0.2) is 4.52 Å². The maximum absolute atomic E-state index is 5.91. The number of halogens is 1. The predicted molar refractivity (Wildman–Crippen MR) is 65.6 cm³/mol. The molecule has 0 saturated carbocycles. The van der Waals surface area contributed by atoms with E-state index in [1.165, 1.54) is 0 Å². The van der Waals surface area contributed by atoms with Crippen molar-refractivity contribution in [3.8, 4) is 11.3 Å². The molecule has 2 heterocycles. The molecule has 0 radical (unpaired) electrons. The second kappa shape index (κ2) is 3.65. The summed E-state index contributed by atoms with van der Waals surface area (Å²) in [4.78, 5) is 0. The average Bonchev–Trinajstić information content (AvgIpc) is 2.73. The maximum atomic E-state index is 5.91. The summed E-state index contributed by atoms with van der Waals surface area (Å²) in [6, 6.07) is 16.0. The van der Waals surface area contributed by atoms with Crippen LogP contribution in [0, 0.1) is 0 Å². The first-order chi connectivity index (χ1) is 7.83. The van der Waals surface area contributed by atoms with Crippen LogP contribution in [0.25, 0.3) is 16.8 Å². The first-order valence-corrected chi connectivity index (χ1v) is 5.41. The molecule has 3 heteroatoms. The largest absolute Gasteiger partial charge is 0.239 e. The maximum Gasteiger partial charge on any atom is 0.0933 e. The van der Waals surface area contributed by atoms with Gasteiger partial charge in [-0.1, -0.05) is 41.9 Å². The summed E-state index contributed by atoms with van der Waals surface area (Å²) in [5.41, 5.74) is 3.12. The van der Waals surface area contributed by atoms with Crippen molar-refractivity contribution < 1.29 is 0 Å². The molecule has 3 aromatic rings. The SMILES string of the molecule is Clc1ccc2cc(-c3ccccc3)nn2c1. The number of pyridine rings is 1. The molecule has 0 spiro atoms. The van der Waals surface area contributed by atoms with Crippen LogP contribution in [0.1, 0.15) is 0 Å². The van der Waals surface area contributed by atoms with Gasteiger partial charge >= 0.3 is 0 Å². The molecule has 1 aromatic carbocycles. The van der Waals surface area contributed by atoms with Gasteiger partial charge in [-0.2, -0.15) is 5.10 Å². The number of rotatable bonds is 1. The first-order valence-electron chi connectivity index (χ1n) is 5.03. The summed E-state index contributed by atoms with van der Waals surface area (Å²) in [6.07, 6.45) is 1.81. The van der Waals surface area contributed by atoms with Crippen LogP contribution in [0.4, 0.5) is 0 Å². The Labute approximate surface area is 98.1 Å². The summed E-state index contributed by atoms with van der Waals surface area (Å²) in [7, 11) is 0. The van der Waals surface area contributed by atoms with Crippen molar-refractivity contribution in [3.63, 3.8) is 0 Å². The van der Waals surface area contributed by atoms with Crippen molar-refractivity contribution in [1.29, 1.82) is 0 Å². The smallest absolute Gasteiger partial charge is 0.0933 e. The highest BCUT2D eigenvalue weighted by Crippen LogP contribution is 2.20. The van der Waals surface area contributed by atoms with Gasteiger partial charge in [0.15, 0.2) is 0 Å². The molecule has 0 saturated heterocycles. The lowest BCUT2D eigenvalue weighted by Crippen LogP contribution is -1.85.